The molecule has 0 N–H and O–H groups in total. The molecule has 18 heavy (non-hydrogen) atoms. The SMILES string of the molecule is CC(N=O)C1CC(=O)N(C(C)c2ccccc2)C1. The van der Waals surface area contributed by atoms with Gasteiger partial charge in [-0.15, -0.1) is 0 Å². The fourth-order valence-corrected chi connectivity index (χ4v) is 2.46. The van der Waals surface area contributed by atoms with E-state index in [9.17, 15) is 9.70 Å². The van der Waals surface area contributed by atoms with Crippen LogP contribution in [0, 0.1) is 10.8 Å². The molecular weight excluding hydrogens is 228 g/mol. The molecule has 3 unspecified atom stereocenters. The van der Waals surface area contributed by atoms with Crippen LogP contribution in [-0.2, 0) is 4.79 Å². The van der Waals surface area contributed by atoms with Crippen LogP contribution in [0.15, 0.2) is 35.5 Å². The van der Waals surface area contributed by atoms with Crippen molar-refractivity contribution in [1.82, 2.24) is 4.90 Å². The Morgan fingerprint density at radius 1 is 1.28 bits per heavy atom. The smallest absolute Gasteiger partial charge is 0.223 e. The molecule has 1 aliphatic heterocycles. The maximum Gasteiger partial charge on any atom is 0.223 e. The Labute approximate surface area is 107 Å². The van der Waals surface area contributed by atoms with Crippen LogP contribution in [0.1, 0.15) is 31.9 Å². The van der Waals surface area contributed by atoms with E-state index in [0.717, 1.165) is 5.56 Å². The molecule has 0 saturated carbocycles. The maximum absolute atomic E-state index is 12.0. The second-order valence-electron chi connectivity index (χ2n) is 4.94. The number of hydrogen-bond donors (Lipinski definition) is 0. The highest BCUT2D eigenvalue weighted by atomic mass is 16.3. The van der Waals surface area contributed by atoms with E-state index in [1.54, 1.807) is 6.92 Å². The molecule has 1 aromatic carbocycles. The Bertz CT molecular complexity index is 433. The second-order valence-corrected chi connectivity index (χ2v) is 4.94. The Morgan fingerprint density at radius 3 is 2.56 bits per heavy atom. The highest BCUT2D eigenvalue weighted by Gasteiger charge is 2.36. The van der Waals surface area contributed by atoms with Gasteiger partial charge in [0, 0.05) is 18.9 Å². The Hall–Kier alpha value is -1.71. The lowest BCUT2D eigenvalue weighted by molar-refractivity contribution is -0.129. The third kappa shape index (κ3) is 2.42. The molecule has 96 valence electrons. The number of nitroso groups, excluding NO2 is 1. The van der Waals surface area contributed by atoms with Crippen LogP contribution in [0.25, 0.3) is 0 Å². The summed E-state index contributed by atoms with van der Waals surface area (Å²) >= 11 is 0. The van der Waals surface area contributed by atoms with Gasteiger partial charge in [-0.25, -0.2) is 0 Å². The van der Waals surface area contributed by atoms with Gasteiger partial charge in [-0.3, -0.25) is 4.79 Å². The zero-order valence-corrected chi connectivity index (χ0v) is 10.7. The normalized spacial score (nSPS) is 22.9. The van der Waals surface area contributed by atoms with E-state index in [1.807, 2.05) is 42.2 Å². The number of likely N-dealkylation sites (tertiary alicyclic amines) is 1. The lowest BCUT2D eigenvalue weighted by Crippen LogP contribution is -2.29. The first-order valence-electron chi connectivity index (χ1n) is 6.30. The summed E-state index contributed by atoms with van der Waals surface area (Å²) in [7, 11) is 0. The maximum atomic E-state index is 12.0. The van der Waals surface area contributed by atoms with Crippen LogP contribution in [0.2, 0.25) is 0 Å². The minimum absolute atomic E-state index is 0.0566. The molecule has 0 radical (unpaired) electrons. The zero-order valence-electron chi connectivity index (χ0n) is 10.7. The Kier molecular flexibility index (Phi) is 3.75. The monoisotopic (exact) mass is 246 g/mol. The van der Waals surface area contributed by atoms with Gasteiger partial charge in [-0.05, 0) is 19.4 Å². The molecule has 1 aliphatic rings. The average Bonchev–Trinajstić information content (AvgIpc) is 2.80. The second kappa shape index (κ2) is 5.29. The van der Waals surface area contributed by atoms with Crippen molar-refractivity contribution in [2.45, 2.75) is 32.4 Å². The quantitative estimate of drug-likeness (QED) is 0.767. The van der Waals surface area contributed by atoms with Crippen LogP contribution < -0.4 is 0 Å². The largest absolute Gasteiger partial charge is 0.336 e. The van der Waals surface area contributed by atoms with Crippen LogP contribution >= 0.6 is 0 Å². The molecule has 1 aromatic rings. The summed E-state index contributed by atoms with van der Waals surface area (Å²) in [6, 6.07) is 9.71. The summed E-state index contributed by atoms with van der Waals surface area (Å²) in [5.74, 6) is 0.174. The van der Waals surface area contributed by atoms with Crippen molar-refractivity contribution in [3.63, 3.8) is 0 Å². The number of amides is 1. The van der Waals surface area contributed by atoms with Gasteiger partial charge >= 0.3 is 0 Å². The van der Waals surface area contributed by atoms with Crippen LogP contribution in [0.4, 0.5) is 0 Å². The van der Waals surface area contributed by atoms with E-state index in [2.05, 4.69) is 5.18 Å². The number of nitrogens with zero attached hydrogens (tertiary/aromatic N) is 2. The van der Waals surface area contributed by atoms with Gasteiger partial charge in [0.2, 0.25) is 5.91 Å². The topological polar surface area (TPSA) is 49.7 Å². The molecular formula is C14H18N2O2. The fourth-order valence-electron chi connectivity index (χ4n) is 2.46. The van der Waals surface area contributed by atoms with Crippen LogP contribution in [0.3, 0.4) is 0 Å². The van der Waals surface area contributed by atoms with E-state index >= 15 is 0 Å². The van der Waals surface area contributed by atoms with Gasteiger partial charge in [0.15, 0.2) is 0 Å². The third-order valence-electron chi connectivity index (χ3n) is 3.79. The molecule has 1 heterocycles. The molecule has 0 aromatic heterocycles. The minimum atomic E-state index is -0.290. The van der Waals surface area contributed by atoms with Crippen molar-refractivity contribution in [3.8, 4) is 0 Å². The summed E-state index contributed by atoms with van der Waals surface area (Å²) in [5.41, 5.74) is 1.12. The van der Waals surface area contributed by atoms with Crippen LogP contribution in [-0.4, -0.2) is 23.4 Å². The van der Waals surface area contributed by atoms with E-state index in [-0.39, 0.29) is 23.9 Å². The molecule has 1 amide bonds. The summed E-state index contributed by atoms with van der Waals surface area (Å²) in [5, 5.41) is 3.04. The predicted molar refractivity (Wildman–Crippen MR) is 69.9 cm³/mol. The van der Waals surface area contributed by atoms with E-state index in [1.165, 1.54) is 0 Å². The van der Waals surface area contributed by atoms with Crippen LogP contribution in [0.5, 0.6) is 0 Å². The van der Waals surface area contributed by atoms with E-state index in [0.29, 0.717) is 13.0 Å². The summed E-state index contributed by atoms with van der Waals surface area (Å²) in [4.78, 5) is 24.4. The molecule has 0 aliphatic carbocycles. The molecule has 1 saturated heterocycles. The first-order valence-corrected chi connectivity index (χ1v) is 6.30. The number of rotatable bonds is 4. The van der Waals surface area contributed by atoms with Gasteiger partial charge in [0.25, 0.3) is 0 Å². The lowest BCUT2D eigenvalue weighted by Gasteiger charge is -2.25. The number of hydrogen-bond acceptors (Lipinski definition) is 3. The molecule has 4 nitrogen and oxygen atoms in total. The van der Waals surface area contributed by atoms with Gasteiger partial charge in [0.1, 0.15) is 0 Å². The van der Waals surface area contributed by atoms with Gasteiger partial charge in [0.05, 0.1) is 12.1 Å². The first-order chi connectivity index (χ1) is 8.63. The first kappa shape index (κ1) is 12.7. The van der Waals surface area contributed by atoms with Crippen molar-refractivity contribution >= 4 is 5.91 Å². The number of benzene rings is 1. The molecule has 4 heteroatoms. The van der Waals surface area contributed by atoms with Crippen molar-refractivity contribution in [1.29, 1.82) is 0 Å². The van der Waals surface area contributed by atoms with Gasteiger partial charge in [-0.1, -0.05) is 35.5 Å². The Balaban J connectivity index is 2.10. The number of carbonyl (C=O) groups is 1. The van der Waals surface area contributed by atoms with Gasteiger partial charge < -0.3 is 4.90 Å². The molecule has 1 fully saturated rings. The fraction of sp³-hybridized carbons (Fsp3) is 0.500. The zero-order chi connectivity index (χ0) is 13.1. The highest BCUT2D eigenvalue weighted by molar-refractivity contribution is 5.79. The predicted octanol–water partition coefficient (Wildman–Crippen LogP) is 2.75. The van der Waals surface area contributed by atoms with E-state index in [4.69, 9.17) is 0 Å². The summed E-state index contributed by atoms with van der Waals surface area (Å²) in [6.07, 6.45) is 0.435. The summed E-state index contributed by atoms with van der Waals surface area (Å²) in [6.45, 7) is 4.43. The van der Waals surface area contributed by atoms with Gasteiger partial charge in [-0.2, -0.15) is 4.91 Å². The lowest BCUT2D eigenvalue weighted by atomic mass is 10.0. The molecule has 2 rings (SSSR count). The third-order valence-corrected chi connectivity index (χ3v) is 3.79. The standard InChI is InChI=1S/C14H18N2O2/c1-10(15-18)13-8-14(17)16(9-13)11(2)12-6-4-3-5-7-12/h3-7,10-11,13H,8-9H2,1-2H3. The van der Waals surface area contributed by atoms with Crippen molar-refractivity contribution in [2.24, 2.45) is 11.1 Å². The molecule has 3 atom stereocenters. The Morgan fingerprint density at radius 2 is 1.94 bits per heavy atom. The van der Waals surface area contributed by atoms with Crippen molar-refractivity contribution in [3.05, 3.63) is 40.8 Å². The van der Waals surface area contributed by atoms with Crippen molar-refractivity contribution in [2.75, 3.05) is 6.54 Å². The van der Waals surface area contributed by atoms with E-state index < -0.39 is 0 Å². The highest BCUT2D eigenvalue weighted by Crippen LogP contribution is 2.30. The van der Waals surface area contributed by atoms with Crippen molar-refractivity contribution < 1.29 is 4.79 Å². The number of carbonyl (C=O) groups excluding carboxylic acids is 1. The average molecular weight is 246 g/mol. The molecule has 0 spiro atoms. The summed E-state index contributed by atoms with van der Waals surface area (Å²) < 4.78 is 0. The minimum Gasteiger partial charge on any atom is -0.336 e. The molecule has 0 bridgehead atoms.